The van der Waals surface area contributed by atoms with Gasteiger partial charge in [-0.1, -0.05) is 48.0 Å². The van der Waals surface area contributed by atoms with Crippen LogP contribution in [0.15, 0.2) is 54.6 Å². The van der Waals surface area contributed by atoms with Crippen LogP contribution in [0.25, 0.3) is 6.08 Å². The van der Waals surface area contributed by atoms with Gasteiger partial charge in [-0.05, 0) is 54.7 Å². The Morgan fingerprint density at radius 2 is 2.00 bits per heavy atom. The Labute approximate surface area is 165 Å². The SMILES string of the molecule is COC(=O)C=Cc1ccc(CCC(C)NCC(O)c2cccc(Cl)c2)cc1. The molecule has 5 heteroatoms. The molecule has 2 unspecified atom stereocenters. The molecule has 2 aromatic carbocycles. The fraction of sp³-hybridized carbons (Fsp3) is 0.318. The van der Waals surface area contributed by atoms with Crippen molar-refractivity contribution in [3.05, 3.63) is 76.3 Å². The molecule has 0 amide bonds. The van der Waals surface area contributed by atoms with Gasteiger partial charge in [-0.2, -0.15) is 0 Å². The molecule has 0 saturated heterocycles. The first kappa shape index (κ1) is 21.2. The van der Waals surface area contributed by atoms with E-state index >= 15 is 0 Å². The molecule has 0 saturated carbocycles. The predicted molar refractivity (Wildman–Crippen MR) is 110 cm³/mol. The molecule has 0 spiro atoms. The lowest BCUT2D eigenvalue weighted by atomic mass is 10.0. The van der Waals surface area contributed by atoms with Gasteiger partial charge in [-0.15, -0.1) is 0 Å². The van der Waals surface area contributed by atoms with Gasteiger partial charge in [0.05, 0.1) is 13.2 Å². The number of benzene rings is 2. The van der Waals surface area contributed by atoms with Gasteiger partial charge in [0.15, 0.2) is 0 Å². The minimum absolute atomic E-state index is 0.276. The maximum atomic E-state index is 11.1. The second-order valence-electron chi connectivity index (χ2n) is 6.52. The lowest BCUT2D eigenvalue weighted by molar-refractivity contribution is -0.134. The molecule has 0 fully saturated rings. The number of hydrogen-bond donors (Lipinski definition) is 2. The molecule has 0 aliphatic rings. The highest BCUT2D eigenvalue weighted by Gasteiger charge is 2.10. The summed E-state index contributed by atoms with van der Waals surface area (Å²) in [5, 5.41) is 14.3. The van der Waals surface area contributed by atoms with E-state index in [1.807, 2.05) is 24.3 Å². The third-order valence-corrected chi connectivity index (χ3v) is 4.59. The number of carbonyl (C=O) groups excluding carboxylic acids is 1. The molecule has 2 aromatic rings. The second-order valence-corrected chi connectivity index (χ2v) is 6.95. The largest absolute Gasteiger partial charge is 0.466 e. The zero-order valence-electron chi connectivity index (χ0n) is 15.7. The molecule has 4 nitrogen and oxygen atoms in total. The normalized spacial score (nSPS) is 13.5. The van der Waals surface area contributed by atoms with E-state index in [1.54, 1.807) is 18.2 Å². The van der Waals surface area contributed by atoms with Gasteiger partial charge in [-0.25, -0.2) is 4.79 Å². The lowest BCUT2D eigenvalue weighted by Gasteiger charge is -2.17. The molecular formula is C22H26ClNO3. The van der Waals surface area contributed by atoms with Gasteiger partial charge in [0.1, 0.15) is 0 Å². The molecule has 0 radical (unpaired) electrons. The summed E-state index contributed by atoms with van der Waals surface area (Å²) in [4.78, 5) is 11.1. The smallest absolute Gasteiger partial charge is 0.330 e. The molecule has 144 valence electrons. The molecule has 0 aromatic heterocycles. The van der Waals surface area contributed by atoms with E-state index in [2.05, 4.69) is 29.1 Å². The summed E-state index contributed by atoms with van der Waals surface area (Å²) < 4.78 is 4.58. The molecule has 0 bridgehead atoms. The van der Waals surface area contributed by atoms with E-state index in [0.29, 0.717) is 11.6 Å². The Bertz CT molecular complexity index is 758. The fourth-order valence-electron chi connectivity index (χ4n) is 2.66. The van der Waals surface area contributed by atoms with Crippen molar-refractivity contribution < 1.29 is 14.6 Å². The maximum absolute atomic E-state index is 11.1. The number of aliphatic hydroxyl groups excluding tert-OH is 1. The molecule has 2 rings (SSSR count). The summed E-state index contributed by atoms with van der Waals surface area (Å²) in [7, 11) is 1.36. The topological polar surface area (TPSA) is 58.6 Å². The highest BCUT2D eigenvalue weighted by molar-refractivity contribution is 6.30. The molecule has 0 heterocycles. The number of halogens is 1. The quantitative estimate of drug-likeness (QED) is 0.500. The summed E-state index contributed by atoms with van der Waals surface area (Å²) in [5.41, 5.74) is 3.01. The van der Waals surface area contributed by atoms with Gasteiger partial charge >= 0.3 is 5.97 Å². The van der Waals surface area contributed by atoms with Crippen molar-refractivity contribution in [2.24, 2.45) is 0 Å². The first-order valence-electron chi connectivity index (χ1n) is 9.00. The molecule has 2 N–H and O–H groups in total. The van der Waals surface area contributed by atoms with Crippen LogP contribution in [0, 0.1) is 0 Å². The van der Waals surface area contributed by atoms with Gasteiger partial charge in [0.25, 0.3) is 0 Å². The Morgan fingerprint density at radius 3 is 2.67 bits per heavy atom. The van der Waals surface area contributed by atoms with Gasteiger partial charge in [0, 0.05) is 23.7 Å². The van der Waals surface area contributed by atoms with Crippen LogP contribution in [0.4, 0.5) is 0 Å². The first-order chi connectivity index (χ1) is 13.0. The van der Waals surface area contributed by atoms with Crippen LogP contribution in [-0.2, 0) is 16.0 Å². The van der Waals surface area contributed by atoms with Crippen LogP contribution in [-0.4, -0.2) is 30.8 Å². The number of aryl methyl sites for hydroxylation is 1. The summed E-state index contributed by atoms with van der Waals surface area (Å²) in [5.74, 6) is -0.362. The Balaban J connectivity index is 1.75. The number of esters is 1. The van der Waals surface area contributed by atoms with Crippen LogP contribution < -0.4 is 5.32 Å². The monoisotopic (exact) mass is 387 g/mol. The molecule has 2 atom stereocenters. The Hall–Kier alpha value is -2.14. The van der Waals surface area contributed by atoms with E-state index in [-0.39, 0.29) is 12.0 Å². The van der Waals surface area contributed by atoms with Crippen molar-refractivity contribution in [2.45, 2.75) is 31.9 Å². The average molecular weight is 388 g/mol. The summed E-state index contributed by atoms with van der Waals surface area (Å²) >= 11 is 5.96. The van der Waals surface area contributed by atoms with Crippen LogP contribution in [0.1, 0.15) is 36.1 Å². The maximum Gasteiger partial charge on any atom is 0.330 e. The van der Waals surface area contributed by atoms with E-state index < -0.39 is 6.10 Å². The van der Waals surface area contributed by atoms with Crippen LogP contribution >= 0.6 is 11.6 Å². The van der Waals surface area contributed by atoms with Crippen molar-refractivity contribution in [3.63, 3.8) is 0 Å². The number of nitrogens with one attached hydrogen (secondary N) is 1. The number of rotatable bonds is 9. The molecule has 0 aliphatic heterocycles. The van der Waals surface area contributed by atoms with Crippen molar-refractivity contribution in [1.29, 1.82) is 0 Å². The first-order valence-corrected chi connectivity index (χ1v) is 9.37. The second kappa shape index (κ2) is 10.9. The highest BCUT2D eigenvalue weighted by atomic mass is 35.5. The molecular weight excluding hydrogens is 362 g/mol. The van der Waals surface area contributed by atoms with Crippen molar-refractivity contribution in [3.8, 4) is 0 Å². The van der Waals surface area contributed by atoms with E-state index in [4.69, 9.17) is 11.6 Å². The van der Waals surface area contributed by atoms with E-state index in [0.717, 1.165) is 24.0 Å². The Morgan fingerprint density at radius 1 is 1.26 bits per heavy atom. The Kier molecular flexibility index (Phi) is 8.52. The van der Waals surface area contributed by atoms with Crippen LogP contribution in [0.3, 0.4) is 0 Å². The zero-order chi connectivity index (χ0) is 19.6. The molecule has 0 aliphatic carbocycles. The number of methoxy groups -OCH3 is 1. The summed E-state index contributed by atoms with van der Waals surface area (Å²) in [6.07, 6.45) is 4.46. The van der Waals surface area contributed by atoms with Crippen molar-refractivity contribution >= 4 is 23.6 Å². The van der Waals surface area contributed by atoms with Gasteiger partial charge < -0.3 is 15.2 Å². The molecule has 27 heavy (non-hydrogen) atoms. The third kappa shape index (κ3) is 7.55. The summed E-state index contributed by atoms with van der Waals surface area (Å²) in [6, 6.07) is 15.7. The number of hydrogen-bond acceptors (Lipinski definition) is 4. The number of ether oxygens (including phenoxy) is 1. The minimum Gasteiger partial charge on any atom is -0.466 e. The number of carbonyl (C=O) groups is 1. The fourth-order valence-corrected chi connectivity index (χ4v) is 2.86. The summed E-state index contributed by atoms with van der Waals surface area (Å²) in [6.45, 7) is 2.59. The lowest BCUT2D eigenvalue weighted by Crippen LogP contribution is -2.30. The van der Waals surface area contributed by atoms with Crippen LogP contribution in [0.2, 0.25) is 5.02 Å². The van der Waals surface area contributed by atoms with Crippen molar-refractivity contribution in [1.82, 2.24) is 5.32 Å². The predicted octanol–water partition coefficient (Wildman–Crippen LogP) is 4.17. The van der Waals surface area contributed by atoms with Crippen LogP contribution in [0.5, 0.6) is 0 Å². The zero-order valence-corrected chi connectivity index (χ0v) is 16.4. The van der Waals surface area contributed by atoms with Gasteiger partial charge in [0.2, 0.25) is 0 Å². The number of aliphatic hydroxyl groups is 1. The highest BCUT2D eigenvalue weighted by Crippen LogP contribution is 2.17. The minimum atomic E-state index is -0.577. The average Bonchev–Trinajstić information content (AvgIpc) is 2.69. The van der Waals surface area contributed by atoms with E-state index in [1.165, 1.54) is 18.7 Å². The standard InChI is InChI=1S/C22H26ClNO3/c1-16(24-15-21(25)19-4-3-5-20(23)14-19)6-7-17-8-10-18(11-9-17)12-13-22(26)27-2/h3-5,8-14,16,21,24-25H,6-7,15H2,1-2H3. The van der Waals surface area contributed by atoms with Crippen molar-refractivity contribution in [2.75, 3.05) is 13.7 Å². The van der Waals surface area contributed by atoms with E-state index in [9.17, 15) is 9.90 Å². The third-order valence-electron chi connectivity index (χ3n) is 4.35. The van der Waals surface area contributed by atoms with Gasteiger partial charge in [-0.3, -0.25) is 0 Å².